The molecular formula is C16H13N3O. The molecule has 0 aliphatic rings. The molecule has 0 saturated heterocycles. The minimum Gasteiger partial charge on any atom is -0.428 e. The molecule has 0 aliphatic carbocycles. The summed E-state index contributed by atoms with van der Waals surface area (Å²) in [6.07, 6.45) is 3.26. The van der Waals surface area contributed by atoms with Crippen molar-refractivity contribution in [2.24, 2.45) is 10.2 Å². The Bertz CT molecular complexity index is 820. The van der Waals surface area contributed by atoms with Gasteiger partial charge in [-0.25, -0.2) is 0 Å². The first-order chi connectivity index (χ1) is 9.84. The lowest BCUT2D eigenvalue weighted by Gasteiger charge is -2.02. The van der Waals surface area contributed by atoms with Gasteiger partial charge >= 0.3 is 0 Å². The third-order valence-electron chi connectivity index (χ3n) is 2.97. The normalized spacial score (nSPS) is 12.3. The number of para-hydroxylation sites is 1. The molecule has 1 aromatic heterocycles. The summed E-state index contributed by atoms with van der Waals surface area (Å²) in [7, 11) is 0. The van der Waals surface area contributed by atoms with Gasteiger partial charge in [-0.2, -0.15) is 14.9 Å². The topological polar surface area (TPSA) is 49.9 Å². The van der Waals surface area contributed by atoms with Gasteiger partial charge in [0.25, 0.3) is 0 Å². The van der Waals surface area contributed by atoms with E-state index in [0.717, 1.165) is 21.0 Å². The van der Waals surface area contributed by atoms with Gasteiger partial charge < -0.3 is 5.21 Å². The number of rotatable bonds is 2. The molecule has 0 bridgehead atoms. The summed E-state index contributed by atoms with van der Waals surface area (Å²) < 4.78 is 1.08. The third kappa shape index (κ3) is 2.44. The van der Waals surface area contributed by atoms with Gasteiger partial charge in [-0.15, -0.1) is 0 Å². The van der Waals surface area contributed by atoms with E-state index in [0.29, 0.717) is 5.52 Å². The molecule has 0 radical (unpaired) electrons. The number of benzene rings is 2. The molecule has 0 atom stereocenters. The van der Waals surface area contributed by atoms with Crippen molar-refractivity contribution < 1.29 is 5.21 Å². The summed E-state index contributed by atoms with van der Waals surface area (Å²) in [5.74, 6) is 0. The first-order valence-electron chi connectivity index (χ1n) is 6.26. The Balaban J connectivity index is 2.05. The molecule has 0 fully saturated rings. The van der Waals surface area contributed by atoms with Gasteiger partial charge in [0.1, 0.15) is 0 Å². The highest BCUT2D eigenvalue weighted by molar-refractivity contribution is 5.80. The van der Waals surface area contributed by atoms with Crippen LogP contribution in [-0.4, -0.2) is 16.2 Å². The molecule has 0 amide bonds. The predicted molar refractivity (Wildman–Crippen MR) is 78.7 cm³/mol. The van der Waals surface area contributed by atoms with Crippen LogP contribution in [0.5, 0.6) is 0 Å². The number of pyridine rings is 1. The molecular weight excluding hydrogens is 250 g/mol. The van der Waals surface area contributed by atoms with Gasteiger partial charge in [0.2, 0.25) is 0 Å². The number of fused-ring (bicyclic) bond motifs is 1. The maximum Gasteiger partial charge on any atom is 0.0967 e. The Morgan fingerprint density at radius 1 is 0.900 bits per heavy atom. The van der Waals surface area contributed by atoms with Crippen LogP contribution in [-0.2, 0) is 0 Å². The van der Waals surface area contributed by atoms with Gasteiger partial charge in [0.05, 0.1) is 17.1 Å². The summed E-state index contributed by atoms with van der Waals surface area (Å²) >= 11 is 0. The van der Waals surface area contributed by atoms with E-state index in [9.17, 15) is 5.21 Å². The fourth-order valence-electron chi connectivity index (χ4n) is 1.99. The second-order valence-electron chi connectivity index (χ2n) is 4.32. The summed E-state index contributed by atoms with van der Waals surface area (Å²) in [5, 5.41) is 19.6. The van der Waals surface area contributed by atoms with Gasteiger partial charge in [-0.3, -0.25) is 0 Å². The fraction of sp³-hybridized carbons (Fsp3) is 0. The predicted octanol–water partition coefficient (Wildman–Crippen LogP) is 2.81. The van der Waals surface area contributed by atoms with Crippen LogP contribution >= 0.6 is 0 Å². The zero-order valence-electron chi connectivity index (χ0n) is 10.7. The van der Waals surface area contributed by atoms with Crippen molar-refractivity contribution in [3.05, 3.63) is 77.8 Å². The Kier molecular flexibility index (Phi) is 3.29. The quantitative estimate of drug-likeness (QED) is 0.431. The number of hydrogen-bond acceptors (Lipinski definition) is 3. The van der Waals surface area contributed by atoms with E-state index >= 15 is 0 Å². The average molecular weight is 263 g/mol. The molecule has 0 spiro atoms. The van der Waals surface area contributed by atoms with E-state index < -0.39 is 0 Å². The van der Waals surface area contributed by atoms with Crippen molar-refractivity contribution in [1.82, 2.24) is 4.73 Å². The minimum atomic E-state index is 0.698. The van der Waals surface area contributed by atoms with Crippen LogP contribution < -0.4 is 5.36 Å². The van der Waals surface area contributed by atoms with Crippen molar-refractivity contribution >= 4 is 17.1 Å². The first kappa shape index (κ1) is 12.2. The highest BCUT2D eigenvalue weighted by Gasteiger charge is 1.98. The molecule has 1 N–H and O–H groups in total. The smallest absolute Gasteiger partial charge is 0.0967 e. The van der Waals surface area contributed by atoms with Crippen molar-refractivity contribution in [2.75, 3.05) is 0 Å². The lowest BCUT2D eigenvalue weighted by atomic mass is 10.2. The first-order valence-corrected chi connectivity index (χ1v) is 6.26. The number of hydrogen-bond donors (Lipinski definition) is 1. The van der Waals surface area contributed by atoms with Crippen molar-refractivity contribution in [2.45, 2.75) is 0 Å². The molecule has 3 aromatic rings. The third-order valence-corrected chi connectivity index (χ3v) is 2.97. The van der Waals surface area contributed by atoms with Crippen LogP contribution in [0.2, 0.25) is 0 Å². The molecule has 0 unspecified atom stereocenters. The van der Waals surface area contributed by atoms with Crippen LogP contribution in [0.4, 0.5) is 0 Å². The molecule has 2 aromatic carbocycles. The summed E-state index contributed by atoms with van der Waals surface area (Å²) in [5.41, 5.74) is 1.69. The molecule has 3 rings (SSSR count). The van der Waals surface area contributed by atoms with Crippen molar-refractivity contribution in [3.8, 4) is 0 Å². The lowest BCUT2D eigenvalue weighted by molar-refractivity contribution is 0.198. The number of aromatic nitrogens is 1. The standard InChI is InChI=1S/C16H13N3O/c20-19-11-10-15(14-8-4-5-9-16(14)19)18-17-12-13-6-2-1-3-7-13/h1-12,20H/b17-12-,18-15?. The second kappa shape index (κ2) is 5.40. The number of nitrogens with zero attached hydrogens (tertiary/aromatic N) is 3. The van der Waals surface area contributed by atoms with Gasteiger partial charge in [0.15, 0.2) is 0 Å². The molecule has 20 heavy (non-hydrogen) atoms. The van der Waals surface area contributed by atoms with E-state index in [1.54, 1.807) is 18.5 Å². The lowest BCUT2D eigenvalue weighted by Crippen LogP contribution is -2.07. The zero-order valence-corrected chi connectivity index (χ0v) is 10.7. The Morgan fingerprint density at radius 2 is 1.65 bits per heavy atom. The second-order valence-corrected chi connectivity index (χ2v) is 4.32. The van der Waals surface area contributed by atoms with Gasteiger partial charge in [-0.1, -0.05) is 48.5 Å². The highest BCUT2D eigenvalue weighted by Crippen LogP contribution is 2.07. The highest BCUT2D eigenvalue weighted by atomic mass is 16.5. The Morgan fingerprint density at radius 3 is 2.50 bits per heavy atom. The Labute approximate surface area is 115 Å². The van der Waals surface area contributed by atoms with E-state index in [1.807, 2.05) is 54.6 Å². The van der Waals surface area contributed by atoms with E-state index in [2.05, 4.69) is 10.2 Å². The van der Waals surface area contributed by atoms with Crippen LogP contribution in [0, 0.1) is 0 Å². The van der Waals surface area contributed by atoms with Crippen LogP contribution in [0.3, 0.4) is 0 Å². The largest absolute Gasteiger partial charge is 0.428 e. The molecule has 4 nitrogen and oxygen atoms in total. The maximum absolute atomic E-state index is 9.74. The van der Waals surface area contributed by atoms with Crippen molar-refractivity contribution in [1.29, 1.82) is 0 Å². The summed E-state index contributed by atoms with van der Waals surface area (Å²) in [6, 6.07) is 19.0. The van der Waals surface area contributed by atoms with Crippen molar-refractivity contribution in [3.63, 3.8) is 0 Å². The molecule has 98 valence electrons. The summed E-state index contributed by atoms with van der Waals surface area (Å²) in [6.45, 7) is 0. The fourth-order valence-corrected chi connectivity index (χ4v) is 1.99. The van der Waals surface area contributed by atoms with Crippen LogP contribution in [0.15, 0.2) is 77.1 Å². The Hall–Kier alpha value is -2.88. The molecule has 4 heteroatoms. The SMILES string of the molecule is On1ccc(=N/N=C\c2ccccc2)c2ccccc21. The maximum atomic E-state index is 9.74. The minimum absolute atomic E-state index is 0.698. The van der Waals surface area contributed by atoms with Crippen LogP contribution in [0.1, 0.15) is 5.56 Å². The molecule has 0 saturated carbocycles. The zero-order chi connectivity index (χ0) is 13.8. The molecule has 1 heterocycles. The van der Waals surface area contributed by atoms with E-state index in [1.165, 1.54) is 0 Å². The van der Waals surface area contributed by atoms with Gasteiger partial charge in [0, 0.05) is 11.6 Å². The average Bonchev–Trinajstić information content (AvgIpc) is 2.51. The van der Waals surface area contributed by atoms with E-state index in [4.69, 9.17) is 0 Å². The van der Waals surface area contributed by atoms with Crippen LogP contribution in [0.25, 0.3) is 10.9 Å². The monoisotopic (exact) mass is 263 g/mol. The van der Waals surface area contributed by atoms with Gasteiger partial charge in [-0.05, 0) is 17.7 Å². The van der Waals surface area contributed by atoms with E-state index in [-0.39, 0.29) is 0 Å². The molecule has 0 aliphatic heterocycles. The summed E-state index contributed by atoms with van der Waals surface area (Å²) in [4.78, 5) is 0.